The van der Waals surface area contributed by atoms with E-state index < -0.39 is 23.6 Å². The fourth-order valence-electron chi connectivity index (χ4n) is 3.03. The van der Waals surface area contributed by atoms with E-state index >= 15 is 0 Å². The van der Waals surface area contributed by atoms with Crippen LogP contribution in [0.2, 0.25) is 0 Å². The van der Waals surface area contributed by atoms with Crippen molar-refractivity contribution in [2.75, 3.05) is 10.6 Å². The van der Waals surface area contributed by atoms with E-state index in [0.29, 0.717) is 5.69 Å². The molecule has 2 amide bonds. The Hall–Kier alpha value is -4.54. The highest BCUT2D eigenvalue weighted by Crippen LogP contribution is 2.31. The smallest absolute Gasteiger partial charge is 0.322 e. The second-order valence-electron chi connectivity index (χ2n) is 6.84. The third kappa shape index (κ3) is 5.03. The van der Waals surface area contributed by atoms with Gasteiger partial charge in [-0.1, -0.05) is 24.3 Å². The third-order valence-corrected chi connectivity index (χ3v) is 4.59. The van der Waals surface area contributed by atoms with E-state index in [-0.39, 0.29) is 22.5 Å². The zero-order chi connectivity index (χ0) is 23.4. The molecule has 3 aromatic carbocycles. The van der Waals surface area contributed by atoms with Crippen molar-refractivity contribution in [2.45, 2.75) is 6.18 Å². The molecule has 0 aliphatic heterocycles. The molecule has 0 unspecified atom stereocenters. The van der Waals surface area contributed by atoms with Gasteiger partial charge in [-0.2, -0.15) is 13.2 Å². The molecule has 1 heterocycles. The number of tetrazole rings is 1. The molecule has 4 rings (SSSR count). The van der Waals surface area contributed by atoms with Gasteiger partial charge in [0.2, 0.25) is 0 Å². The zero-order valence-electron chi connectivity index (χ0n) is 16.7. The Labute approximate surface area is 185 Å². The lowest BCUT2D eigenvalue weighted by atomic mass is 10.1. The minimum absolute atomic E-state index is 0.0231. The first-order valence-corrected chi connectivity index (χ1v) is 9.54. The molecular weight excluding hydrogens is 437 g/mol. The standard InChI is InChI=1S/C22H15F3N6O2/c23-22(24,25)15-6-4-7-16(12-15)27-21(33)18-9-1-2-10-19(18)28-20(32)14-5-3-8-17(11-14)31-13-26-29-30-31/h1-13H,(H,27,33)(H,28,32). The minimum atomic E-state index is -4.54. The van der Waals surface area contributed by atoms with Crippen LogP contribution in [-0.2, 0) is 6.18 Å². The number of rotatable bonds is 5. The zero-order valence-corrected chi connectivity index (χ0v) is 16.7. The summed E-state index contributed by atoms with van der Waals surface area (Å²) in [4.78, 5) is 25.5. The fourth-order valence-corrected chi connectivity index (χ4v) is 3.03. The molecule has 4 aromatic rings. The monoisotopic (exact) mass is 452 g/mol. The van der Waals surface area contributed by atoms with Crippen LogP contribution in [0.1, 0.15) is 26.3 Å². The van der Waals surface area contributed by atoms with Crippen molar-refractivity contribution in [1.82, 2.24) is 20.2 Å². The molecule has 0 spiro atoms. The number of carbonyl (C=O) groups is 2. The van der Waals surface area contributed by atoms with Gasteiger partial charge in [-0.05, 0) is 59.0 Å². The molecule has 0 bridgehead atoms. The van der Waals surface area contributed by atoms with Crippen LogP contribution in [0.4, 0.5) is 24.5 Å². The molecule has 166 valence electrons. The number of halogens is 3. The lowest BCUT2D eigenvalue weighted by molar-refractivity contribution is -0.137. The second kappa shape index (κ2) is 8.91. The van der Waals surface area contributed by atoms with Crippen molar-refractivity contribution < 1.29 is 22.8 Å². The lowest BCUT2D eigenvalue weighted by Gasteiger charge is -2.13. The predicted molar refractivity (Wildman–Crippen MR) is 113 cm³/mol. The molecule has 0 aliphatic rings. The van der Waals surface area contributed by atoms with Gasteiger partial charge < -0.3 is 10.6 Å². The Morgan fingerprint density at radius 2 is 1.64 bits per heavy atom. The van der Waals surface area contributed by atoms with Gasteiger partial charge in [0.05, 0.1) is 22.5 Å². The van der Waals surface area contributed by atoms with Crippen LogP contribution in [-0.4, -0.2) is 32.0 Å². The van der Waals surface area contributed by atoms with Crippen molar-refractivity contribution in [3.8, 4) is 5.69 Å². The topological polar surface area (TPSA) is 102 Å². The Morgan fingerprint density at radius 1 is 0.848 bits per heavy atom. The highest BCUT2D eigenvalue weighted by Gasteiger charge is 2.30. The average Bonchev–Trinajstić information content (AvgIpc) is 3.34. The number of anilines is 2. The Balaban J connectivity index is 1.54. The van der Waals surface area contributed by atoms with E-state index in [2.05, 4.69) is 26.2 Å². The van der Waals surface area contributed by atoms with Gasteiger partial charge in [-0.3, -0.25) is 9.59 Å². The summed E-state index contributed by atoms with van der Waals surface area (Å²) < 4.78 is 40.2. The quantitative estimate of drug-likeness (QED) is 0.473. The maximum absolute atomic E-state index is 12.9. The van der Waals surface area contributed by atoms with Crippen molar-refractivity contribution in [3.05, 3.63) is 95.8 Å². The summed E-state index contributed by atoms with van der Waals surface area (Å²) in [5.41, 5.74) is 0.216. The SMILES string of the molecule is O=C(Nc1ccccc1C(=O)Nc1cccc(C(F)(F)F)c1)c1cccc(-n2cnnn2)c1. The maximum atomic E-state index is 12.9. The van der Waals surface area contributed by atoms with Crippen molar-refractivity contribution in [3.63, 3.8) is 0 Å². The third-order valence-electron chi connectivity index (χ3n) is 4.59. The Bertz CT molecular complexity index is 1310. The van der Waals surface area contributed by atoms with Crippen LogP contribution in [0, 0.1) is 0 Å². The highest BCUT2D eigenvalue weighted by atomic mass is 19.4. The second-order valence-corrected chi connectivity index (χ2v) is 6.84. The van der Waals surface area contributed by atoms with Crippen LogP contribution in [0.15, 0.2) is 79.1 Å². The summed E-state index contributed by atoms with van der Waals surface area (Å²) in [6, 6.07) is 17.0. The van der Waals surface area contributed by atoms with Crippen LogP contribution >= 0.6 is 0 Å². The first-order valence-electron chi connectivity index (χ1n) is 9.54. The van der Waals surface area contributed by atoms with Crippen LogP contribution in [0.5, 0.6) is 0 Å². The van der Waals surface area contributed by atoms with E-state index in [9.17, 15) is 22.8 Å². The highest BCUT2D eigenvalue weighted by molar-refractivity contribution is 6.12. The first-order chi connectivity index (χ1) is 15.8. The average molecular weight is 452 g/mol. The predicted octanol–water partition coefficient (Wildman–Crippen LogP) is 4.19. The van der Waals surface area contributed by atoms with Gasteiger partial charge in [0.1, 0.15) is 6.33 Å². The molecule has 2 N–H and O–H groups in total. The molecule has 0 saturated carbocycles. The number of hydrogen-bond acceptors (Lipinski definition) is 5. The van der Waals surface area contributed by atoms with Gasteiger partial charge in [-0.15, -0.1) is 5.10 Å². The van der Waals surface area contributed by atoms with E-state index in [1.165, 1.54) is 35.3 Å². The summed E-state index contributed by atoms with van der Waals surface area (Å²) in [5, 5.41) is 16.0. The number of benzene rings is 3. The summed E-state index contributed by atoms with van der Waals surface area (Å²) >= 11 is 0. The molecule has 0 atom stereocenters. The number of carbonyl (C=O) groups excluding carboxylic acids is 2. The number of para-hydroxylation sites is 1. The maximum Gasteiger partial charge on any atom is 0.416 e. The van der Waals surface area contributed by atoms with Crippen molar-refractivity contribution in [1.29, 1.82) is 0 Å². The van der Waals surface area contributed by atoms with Gasteiger partial charge in [0.15, 0.2) is 0 Å². The normalized spacial score (nSPS) is 11.1. The number of nitrogens with one attached hydrogen (secondary N) is 2. The number of alkyl halides is 3. The molecule has 33 heavy (non-hydrogen) atoms. The van der Waals surface area contributed by atoms with E-state index in [1.54, 1.807) is 36.4 Å². The lowest BCUT2D eigenvalue weighted by Crippen LogP contribution is -2.18. The molecule has 0 saturated heterocycles. The summed E-state index contributed by atoms with van der Waals surface area (Å²) in [6.07, 6.45) is -3.16. The number of hydrogen-bond donors (Lipinski definition) is 2. The van der Waals surface area contributed by atoms with E-state index in [1.807, 2.05) is 0 Å². The van der Waals surface area contributed by atoms with Gasteiger partial charge in [-0.25, -0.2) is 4.68 Å². The van der Waals surface area contributed by atoms with Crippen LogP contribution in [0.25, 0.3) is 5.69 Å². The van der Waals surface area contributed by atoms with Gasteiger partial charge >= 0.3 is 6.18 Å². The van der Waals surface area contributed by atoms with E-state index in [0.717, 1.165) is 12.1 Å². The van der Waals surface area contributed by atoms with E-state index in [4.69, 9.17) is 0 Å². The molecule has 1 aromatic heterocycles. The largest absolute Gasteiger partial charge is 0.416 e. The summed E-state index contributed by atoms with van der Waals surface area (Å²) in [7, 11) is 0. The molecule has 0 aliphatic carbocycles. The number of nitrogens with zero attached hydrogens (tertiary/aromatic N) is 4. The van der Waals surface area contributed by atoms with Crippen LogP contribution in [0.3, 0.4) is 0 Å². The van der Waals surface area contributed by atoms with Crippen molar-refractivity contribution in [2.24, 2.45) is 0 Å². The molecule has 11 heteroatoms. The molecular formula is C22H15F3N6O2. The van der Waals surface area contributed by atoms with Gasteiger partial charge in [0, 0.05) is 11.3 Å². The molecule has 0 fully saturated rings. The summed E-state index contributed by atoms with van der Waals surface area (Å²) in [6.45, 7) is 0. The first kappa shape index (κ1) is 21.7. The summed E-state index contributed by atoms with van der Waals surface area (Å²) in [5.74, 6) is -1.17. The molecule has 0 radical (unpaired) electrons. The Morgan fingerprint density at radius 3 is 2.39 bits per heavy atom. The van der Waals surface area contributed by atoms with Crippen molar-refractivity contribution >= 4 is 23.2 Å². The number of amides is 2. The van der Waals surface area contributed by atoms with Crippen LogP contribution < -0.4 is 10.6 Å². The number of aromatic nitrogens is 4. The van der Waals surface area contributed by atoms with Gasteiger partial charge in [0.25, 0.3) is 11.8 Å². The minimum Gasteiger partial charge on any atom is -0.322 e. The molecule has 8 nitrogen and oxygen atoms in total. The Kier molecular flexibility index (Phi) is 5.85. The fraction of sp³-hybridized carbons (Fsp3) is 0.0455.